The molecule has 1 atom stereocenters. The molecule has 1 heterocycles. The standard InChI is InChI=1S/C16H21NO5S/c1-3-11-6-7-13(23(2,21)22)9-14(11)15(18)17-8-4-5-12(10-17)16(19)20/h6-7,9,12H,3-5,8,10H2,1-2H3,(H,19,20). The summed E-state index contributed by atoms with van der Waals surface area (Å²) in [5.41, 5.74) is 1.11. The van der Waals surface area contributed by atoms with E-state index in [1.165, 1.54) is 17.0 Å². The Morgan fingerprint density at radius 3 is 2.61 bits per heavy atom. The van der Waals surface area contributed by atoms with Gasteiger partial charge in [0.25, 0.3) is 5.91 Å². The average Bonchev–Trinajstić information content (AvgIpc) is 2.52. The zero-order chi connectivity index (χ0) is 17.2. The van der Waals surface area contributed by atoms with Crippen molar-refractivity contribution in [1.82, 2.24) is 4.90 Å². The van der Waals surface area contributed by atoms with Crippen LogP contribution >= 0.6 is 0 Å². The highest BCUT2D eigenvalue weighted by Crippen LogP contribution is 2.23. The van der Waals surface area contributed by atoms with Gasteiger partial charge in [0.05, 0.1) is 10.8 Å². The van der Waals surface area contributed by atoms with Gasteiger partial charge in [-0.3, -0.25) is 9.59 Å². The Bertz CT molecular complexity index is 726. The van der Waals surface area contributed by atoms with Gasteiger partial charge in [-0.25, -0.2) is 8.42 Å². The van der Waals surface area contributed by atoms with E-state index < -0.39 is 21.7 Å². The molecule has 0 aliphatic carbocycles. The van der Waals surface area contributed by atoms with Crippen LogP contribution in [0, 0.1) is 5.92 Å². The van der Waals surface area contributed by atoms with Gasteiger partial charge in [-0.05, 0) is 37.0 Å². The van der Waals surface area contributed by atoms with Crippen LogP contribution in [0.1, 0.15) is 35.7 Å². The Morgan fingerprint density at radius 1 is 1.35 bits per heavy atom. The SMILES string of the molecule is CCc1ccc(S(C)(=O)=O)cc1C(=O)N1CCCC(C(=O)O)C1. The van der Waals surface area contributed by atoms with E-state index in [-0.39, 0.29) is 17.3 Å². The molecule has 1 aromatic carbocycles. The van der Waals surface area contributed by atoms with E-state index in [1.54, 1.807) is 6.07 Å². The van der Waals surface area contributed by atoms with Crippen molar-refractivity contribution in [3.8, 4) is 0 Å². The maximum Gasteiger partial charge on any atom is 0.308 e. The number of benzene rings is 1. The summed E-state index contributed by atoms with van der Waals surface area (Å²) in [5, 5.41) is 9.14. The number of sulfone groups is 1. The summed E-state index contributed by atoms with van der Waals surface area (Å²) in [4.78, 5) is 25.5. The minimum Gasteiger partial charge on any atom is -0.481 e. The van der Waals surface area contributed by atoms with Crippen LogP contribution in [0.25, 0.3) is 0 Å². The molecule has 1 aromatic rings. The predicted molar refractivity (Wildman–Crippen MR) is 85.2 cm³/mol. The van der Waals surface area contributed by atoms with Gasteiger partial charge in [-0.1, -0.05) is 13.0 Å². The molecule has 1 saturated heterocycles. The largest absolute Gasteiger partial charge is 0.481 e. The molecular formula is C16H21NO5S. The minimum atomic E-state index is -3.40. The Morgan fingerprint density at radius 2 is 2.04 bits per heavy atom. The summed E-state index contributed by atoms with van der Waals surface area (Å²) in [6, 6.07) is 4.56. The van der Waals surface area contributed by atoms with Crippen molar-refractivity contribution >= 4 is 21.7 Å². The number of hydrogen-bond acceptors (Lipinski definition) is 4. The number of carbonyl (C=O) groups excluding carboxylic acids is 1. The van der Waals surface area contributed by atoms with Crippen LogP contribution in [0.15, 0.2) is 23.1 Å². The number of likely N-dealkylation sites (tertiary alicyclic amines) is 1. The van der Waals surface area contributed by atoms with Gasteiger partial charge in [-0.2, -0.15) is 0 Å². The number of rotatable bonds is 4. The van der Waals surface area contributed by atoms with Crippen molar-refractivity contribution < 1.29 is 23.1 Å². The first-order valence-electron chi connectivity index (χ1n) is 7.59. The molecule has 0 spiro atoms. The Labute approximate surface area is 136 Å². The van der Waals surface area contributed by atoms with Gasteiger partial charge in [0.1, 0.15) is 0 Å². The zero-order valence-electron chi connectivity index (χ0n) is 13.3. The molecule has 7 heteroatoms. The third-order valence-corrected chi connectivity index (χ3v) is 5.29. The van der Waals surface area contributed by atoms with Crippen molar-refractivity contribution in [3.63, 3.8) is 0 Å². The maximum atomic E-state index is 12.8. The van der Waals surface area contributed by atoms with Gasteiger partial charge in [0, 0.05) is 24.9 Å². The van der Waals surface area contributed by atoms with Crippen LogP contribution in [0.3, 0.4) is 0 Å². The molecule has 1 unspecified atom stereocenters. The summed E-state index contributed by atoms with van der Waals surface area (Å²) < 4.78 is 23.4. The van der Waals surface area contributed by atoms with Crippen LogP contribution in [-0.4, -0.2) is 49.6 Å². The molecule has 0 aromatic heterocycles. The number of carboxylic acid groups (broad SMARTS) is 1. The van der Waals surface area contributed by atoms with E-state index in [1.807, 2.05) is 6.92 Å². The highest BCUT2D eigenvalue weighted by molar-refractivity contribution is 7.90. The summed E-state index contributed by atoms with van der Waals surface area (Å²) in [5.74, 6) is -1.75. The lowest BCUT2D eigenvalue weighted by atomic mass is 9.96. The normalized spacial score (nSPS) is 18.7. The van der Waals surface area contributed by atoms with E-state index in [4.69, 9.17) is 5.11 Å². The second-order valence-corrected chi connectivity index (χ2v) is 7.89. The highest BCUT2D eigenvalue weighted by atomic mass is 32.2. The van der Waals surface area contributed by atoms with Crippen molar-refractivity contribution in [3.05, 3.63) is 29.3 Å². The number of carbonyl (C=O) groups is 2. The van der Waals surface area contributed by atoms with E-state index in [2.05, 4.69) is 0 Å². The highest BCUT2D eigenvalue weighted by Gasteiger charge is 2.29. The van der Waals surface area contributed by atoms with Crippen LogP contribution in [-0.2, 0) is 21.1 Å². The minimum absolute atomic E-state index is 0.102. The van der Waals surface area contributed by atoms with E-state index in [0.717, 1.165) is 11.8 Å². The lowest BCUT2D eigenvalue weighted by Gasteiger charge is -2.31. The fourth-order valence-corrected chi connectivity index (χ4v) is 3.47. The molecule has 0 radical (unpaired) electrons. The van der Waals surface area contributed by atoms with Gasteiger partial charge in [-0.15, -0.1) is 0 Å². The van der Waals surface area contributed by atoms with Gasteiger partial charge < -0.3 is 10.0 Å². The second-order valence-electron chi connectivity index (χ2n) is 5.87. The summed E-state index contributed by atoms with van der Waals surface area (Å²) in [6.45, 7) is 2.55. The van der Waals surface area contributed by atoms with Gasteiger partial charge in [0.2, 0.25) is 0 Å². The van der Waals surface area contributed by atoms with E-state index >= 15 is 0 Å². The first-order chi connectivity index (χ1) is 10.7. The predicted octanol–water partition coefficient (Wildman–Crippen LogP) is 1.59. The average molecular weight is 339 g/mol. The molecule has 6 nitrogen and oxygen atoms in total. The quantitative estimate of drug-likeness (QED) is 0.899. The van der Waals surface area contributed by atoms with Crippen LogP contribution in [0.5, 0.6) is 0 Å². The number of nitrogens with zero attached hydrogens (tertiary/aromatic N) is 1. The lowest BCUT2D eigenvalue weighted by Crippen LogP contribution is -2.42. The Balaban J connectivity index is 2.36. The third-order valence-electron chi connectivity index (χ3n) is 4.18. The number of hydrogen-bond donors (Lipinski definition) is 1. The first kappa shape index (κ1) is 17.5. The number of amides is 1. The molecule has 1 fully saturated rings. The van der Waals surface area contributed by atoms with Gasteiger partial charge >= 0.3 is 5.97 Å². The summed E-state index contributed by atoms with van der Waals surface area (Å²) in [7, 11) is -3.40. The summed E-state index contributed by atoms with van der Waals surface area (Å²) >= 11 is 0. The molecule has 126 valence electrons. The van der Waals surface area contributed by atoms with Crippen molar-refractivity contribution in [2.24, 2.45) is 5.92 Å². The van der Waals surface area contributed by atoms with Crippen molar-refractivity contribution in [1.29, 1.82) is 0 Å². The number of aliphatic carboxylic acids is 1. The topological polar surface area (TPSA) is 91.8 Å². The lowest BCUT2D eigenvalue weighted by molar-refractivity contribution is -0.143. The Hall–Kier alpha value is -1.89. The number of piperidine rings is 1. The fraction of sp³-hybridized carbons (Fsp3) is 0.500. The number of carboxylic acids is 1. The van der Waals surface area contributed by atoms with Crippen LogP contribution in [0.2, 0.25) is 0 Å². The molecule has 0 saturated carbocycles. The molecule has 0 bridgehead atoms. The smallest absolute Gasteiger partial charge is 0.308 e. The summed E-state index contributed by atoms with van der Waals surface area (Å²) in [6.07, 6.45) is 2.89. The van der Waals surface area contributed by atoms with Crippen molar-refractivity contribution in [2.75, 3.05) is 19.3 Å². The second kappa shape index (κ2) is 6.70. The molecule has 1 aliphatic heterocycles. The fourth-order valence-electron chi connectivity index (χ4n) is 2.83. The van der Waals surface area contributed by atoms with Crippen LogP contribution < -0.4 is 0 Å². The van der Waals surface area contributed by atoms with E-state index in [9.17, 15) is 18.0 Å². The number of aryl methyl sites for hydroxylation is 1. The molecule has 1 aliphatic rings. The molecular weight excluding hydrogens is 318 g/mol. The monoisotopic (exact) mass is 339 g/mol. The first-order valence-corrected chi connectivity index (χ1v) is 9.48. The van der Waals surface area contributed by atoms with Crippen LogP contribution in [0.4, 0.5) is 0 Å². The molecule has 1 amide bonds. The van der Waals surface area contributed by atoms with E-state index in [0.29, 0.717) is 31.4 Å². The molecule has 23 heavy (non-hydrogen) atoms. The van der Waals surface area contributed by atoms with Gasteiger partial charge in [0.15, 0.2) is 9.84 Å². The maximum absolute atomic E-state index is 12.8. The third kappa shape index (κ3) is 3.90. The van der Waals surface area contributed by atoms with Crippen molar-refractivity contribution in [2.45, 2.75) is 31.1 Å². The molecule has 1 N–H and O–H groups in total. The molecule has 2 rings (SSSR count). The Kier molecular flexibility index (Phi) is 5.09. The zero-order valence-corrected chi connectivity index (χ0v) is 14.1.